The number of hydrogen-bond donors (Lipinski definition) is 1. The van der Waals surface area contributed by atoms with Crippen molar-refractivity contribution >= 4 is 33.2 Å². The molecule has 0 radical (unpaired) electrons. The molecule has 2 rings (SSSR count). The molecule has 0 saturated carbocycles. The first kappa shape index (κ1) is 13.1. The van der Waals surface area contributed by atoms with Crippen molar-refractivity contribution in [3.63, 3.8) is 0 Å². The van der Waals surface area contributed by atoms with Gasteiger partial charge in [-0.15, -0.1) is 11.3 Å². The van der Waals surface area contributed by atoms with Gasteiger partial charge < -0.3 is 5.32 Å². The molecule has 94 valence electrons. The number of fused-ring (bicyclic) bond motifs is 1. The van der Waals surface area contributed by atoms with Crippen LogP contribution in [-0.4, -0.2) is 17.8 Å². The van der Waals surface area contributed by atoms with Gasteiger partial charge in [0.15, 0.2) is 0 Å². The quantitative estimate of drug-likeness (QED) is 0.653. The molecule has 0 aromatic carbocycles. The monoisotopic (exact) mass is 315 g/mol. The predicted molar refractivity (Wildman–Crippen MR) is 76.3 cm³/mol. The SMILES string of the molecule is O=C(NCCCCBr)c1cc2c(s1)CCCC2. The van der Waals surface area contributed by atoms with Crippen LogP contribution in [0.4, 0.5) is 0 Å². The fourth-order valence-corrected chi connectivity index (χ4v) is 3.68. The number of rotatable bonds is 5. The lowest BCUT2D eigenvalue weighted by molar-refractivity contribution is 0.0957. The van der Waals surface area contributed by atoms with Crippen molar-refractivity contribution < 1.29 is 4.79 Å². The molecule has 1 N–H and O–H groups in total. The van der Waals surface area contributed by atoms with Gasteiger partial charge in [-0.1, -0.05) is 15.9 Å². The van der Waals surface area contributed by atoms with E-state index in [0.717, 1.165) is 42.4 Å². The number of thiophene rings is 1. The lowest BCUT2D eigenvalue weighted by Gasteiger charge is -2.08. The van der Waals surface area contributed by atoms with Crippen LogP contribution < -0.4 is 5.32 Å². The Morgan fingerprint density at radius 3 is 2.94 bits per heavy atom. The maximum atomic E-state index is 11.9. The molecule has 1 aromatic heterocycles. The largest absolute Gasteiger partial charge is 0.351 e. The van der Waals surface area contributed by atoms with Gasteiger partial charge in [0.25, 0.3) is 5.91 Å². The number of halogens is 1. The van der Waals surface area contributed by atoms with Crippen molar-refractivity contribution in [3.05, 3.63) is 21.4 Å². The Balaban J connectivity index is 1.88. The molecule has 1 aromatic rings. The first-order valence-electron chi connectivity index (χ1n) is 6.27. The third-order valence-electron chi connectivity index (χ3n) is 3.07. The fourth-order valence-electron chi connectivity index (χ4n) is 2.11. The minimum absolute atomic E-state index is 0.110. The molecule has 0 fully saturated rings. The van der Waals surface area contributed by atoms with Crippen molar-refractivity contribution in [1.82, 2.24) is 5.32 Å². The van der Waals surface area contributed by atoms with Gasteiger partial charge in [0, 0.05) is 16.8 Å². The van der Waals surface area contributed by atoms with E-state index in [0.29, 0.717) is 0 Å². The fraction of sp³-hybridized carbons (Fsp3) is 0.615. The van der Waals surface area contributed by atoms with E-state index in [1.165, 1.54) is 23.3 Å². The van der Waals surface area contributed by atoms with Crippen LogP contribution in [0.25, 0.3) is 0 Å². The topological polar surface area (TPSA) is 29.1 Å². The Bertz CT molecular complexity index is 365. The van der Waals surface area contributed by atoms with Crippen LogP contribution in [0.15, 0.2) is 6.07 Å². The number of alkyl halides is 1. The molecule has 1 aliphatic rings. The number of hydrogen-bond acceptors (Lipinski definition) is 2. The number of amides is 1. The lowest BCUT2D eigenvalue weighted by atomic mass is 9.99. The first-order valence-corrected chi connectivity index (χ1v) is 8.21. The first-order chi connectivity index (χ1) is 8.31. The molecule has 4 heteroatoms. The molecule has 0 aliphatic heterocycles. The van der Waals surface area contributed by atoms with Crippen LogP contribution in [0.1, 0.15) is 45.8 Å². The van der Waals surface area contributed by atoms with E-state index >= 15 is 0 Å². The van der Waals surface area contributed by atoms with Gasteiger partial charge in [0.2, 0.25) is 0 Å². The lowest BCUT2D eigenvalue weighted by Crippen LogP contribution is -2.23. The molecule has 0 atom stereocenters. The van der Waals surface area contributed by atoms with Gasteiger partial charge in [0.05, 0.1) is 4.88 Å². The molecule has 0 unspecified atom stereocenters. The van der Waals surface area contributed by atoms with Crippen LogP contribution >= 0.6 is 27.3 Å². The van der Waals surface area contributed by atoms with E-state index < -0.39 is 0 Å². The number of aryl methyl sites for hydroxylation is 2. The molecular formula is C13H18BrNOS. The van der Waals surface area contributed by atoms with Crippen molar-refractivity contribution in [2.24, 2.45) is 0 Å². The second-order valence-electron chi connectivity index (χ2n) is 4.42. The van der Waals surface area contributed by atoms with Crippen LogP contribution in [0, 0.1) is 0 Å². The zero-order chi connectivity index (χ0) is 12.1. The molecule has 1 amide bonds. The zero-order valence-corrected chi connectivity index (χ0v) is 12.3. The molecule has 2 nitrogen and oxygen atoms in total. The second-order valence-corrected chi connectivity index (χ2v) is 6.35. The van der Waals surface area contributed by atoms with E-state index in [4.69, 9.17) is 0 Å². The summed E-state index contributed by atoms with van der Waals surface area (Å²) < 4.78 is 0. The summed E-state index contributed by atoms with van der Waals surface area (Å²) in [6.45, 7) is 0.785. The third-order valence-corrected chi connectivity index (χ3v) is 4.86. The molecule has 1 heterocycles. The summed E-state index contributed by atoms with van der Waals surface area (Å²) in [5, 5.41) is 4.00. The highest BCUT2D eigenvalue weighted by Gasteiger charge is 2.16. The average Bonchev–Trinajstić information content (AvgIpc) is 2.78. The highest BCUT2D eigenvalue weighted by molar-refractivity contribution is 9.09. The number of nitrogens with one attached hydrogen (secondary N) is 1. The number of carbonyl (C=O) groups excluding carboxylic acids is 1. The van der Waals surface area contributed by atoms with E-state index in [1.807, 2.05) is 0 Å². The molecule has 0 spiro atoms. The molecular weight excluding hydrogens is 298 g/mol. The van der Waals surface area contributed by atoms with Gasteiger partial charge in [0.1, 0.15) is 0 Å². The van der Waals surface area contributed by atoms with E-state index in [1.54, 1.807) is 11.3 Å². The molecule has 1 aliphatic carbocycles. The van der Waals surface area contributed by atoms with Gasteiger partial charge >= 0.3 is 0 Å². The Morgan fingerprint density at radius 2 is 2.18 bits per heavy atom. The summed E-state index contributed by atoms with van der Waals surface area (Å²) in [4.78, 5) is 14.2. The van der Waals surface area contributed by atoms with Crippen LogP contribution in [0.2, 0.25) is 0 Å². The van der Waals surface area contributed by atoms with Crippen molar-refractivity contribution in [2.45, 2.75) is 38.5 Å². The zero-order valence-electron chi connectivity index (χ0n) is 9.93. The van der Waals surface area contributed by atoms with E-state index in [-0.39, 0.29) is 5.91 Å². The molecule has 0 saturated heterocycles. The Hall–Kier alpha value is -0.350. The van der Waals surface area contributed by atoms with Crippen molar-refractivity contribution in [3.8, 4) is 0 Å². The summed E-state index contributed by atoms with van der Waals surface area (Å²) in [6.07, 6.45) is 7.03. The van der Waals surface area contributed by atoms with Gasteiger partial charge in [-0.25, -0.2) is 0 Å². The predicted octanol–water partition coefficient (Wildman–Crippen LogP) is 3.53. The Labute approximate surface area is 115 Å². The highest BCUT2D eigenvalue weighted by atomic mass is 79.9. The van der Waals surface area contributed by atoms with Crippen molar-refractivity contribution in [1.29, 1.82) is 0 Å². The van der Waals surface area contributed by atoms with Crippen molar-refractivity contribution in [2.75, 3.05) is 11.9 Å². The summed E-state index contributed by atoms with van der Waals surface area (Å²) >= 11 is 5.08. The summed E-state index contributed by atoms with van der Waals surface area (Å²) in [5.74, 6) is 0.110. The Morgan fingerprint density at radius 1 is 1.35 bits per heavy atom. The third kappa shape index (κ3) is 3.55. The maximum absolute atomic E-state index is 11.9. The van der Waals surface area contributed by atoms with E-state index in [9.17, 15) is 4.79 Å². The summed E-state index contributed by atoms with van der Waals surface area (Å²) in [7, 11) is 0. The van der Waals surface area contributed by atoms with Gasteiger partial charge in [-0.2, -0.15) is 0 Å². The average molecular weight is 316 g/mol. The number of unbranched alkanes of at least 4 members (excludes halogenated alkanes) is 1. The Kier molecular flexibility index (Phi) is 5.04. The maximum Gasteiger partial charge on any atom is 0.261 e. The van der Waals surface area contributed by atoms with Gasteiger partial charge in [-0.05, 0) is 50.2 Å². The van der Waals surface area contributed by atoms with E-state index in [2.05, 4.69) is 27.3 Å². The standard InChI is InChI=1S/C13H18BrNOS/c14-7-3-4-8-15-13(16)12-9-10-5-1-2-6-11(10)17-12/h9H,1-8H2,(H,15,16). The van der Waals surface area contributed by atoms with Crippen LogP contribution in [-0.2, 0) is 12.8 Å². The molecule has 0 bridgehead atoms. The van der Waals surface area contributed by atoms with Crippen LogP contribution in [0.3, 0.4) is 0 Å². The molecule has 17 heavy (non-hydrogen) atoms. The minimum Gasteiger partial charge on any atom is -0.351 e. The summed E-state index contributed by atoms with van der Waals surface area (Å²) in [5.41, 5.74) is 1.41. The smallest absolute Gasteiger partial charge is 0.261 e. The number of carbonyl (C=O) groups is 1. The van der Waals surface area contributed by atoms with Crippen LogP contribution in [0.5, 0.6) is 0 Å². The summed E-state index contributed by atoms with van der Waals surface area (Å²) in [6, 6.07) is 2.10. The highest BCUT2D eigenvalue weighted by Crippen LogP contribution is 2.29. The normalized spacial score (nSPS) is 14.4. The second kappa shape index (κ2) is 6.55. The van der Waals surface area contributed by atoms with Gasteiger partial charge in [-0.3, -0.25) is 4.79 Å². The minimum atomic E-state index is 0.110.